The molecule has 8 nitrogen and oxygen atoms in total. The zero-order valence-corrected chi connectivity index (χ0v) is 14.3. The molecule has 0 aliphatic carbocycles. The Morgan fingerprint density at radius 1 is 1.24 bits per heavy atom. The third-order valence-electron chi connectivity index (χ3n) is 3.94. The molecule has 0 fully saturated rings. The van der Waals surface area contributed by atoms with Gasteiger partial charge in [0.1, 0.15) is 6.33 Å². The van der Waals surface area contributed by atoms with Gasteiger partial charge in [-0.2, -0.15) is 5.10 Å². The van der Waals surface area contributed by atoms with Gasteiger partial charge in [0, 0.05) is 18.8 Å². The molecular weight excluding hydrogens is 318 g/mol. The molecule has 2 heterocycles. The molecule has 0 aliphatic rings. The van der Waals surface area contributed by atoms with Gasteiger partial charge < -0.3 is 5.32 Å². The van der Waals surface area contributed by atoms with Crippen LogP contribution in [0, 0.1) is 13.8 Å². The van der Waals surface area contributed by atoms with Crippen LogP contribution < -0.4 is 5.32 Å². The minimum atomic E-state index is -0.579. The first kappa shape index (κ1) is 16.8. The van der Waals surface area contributed by atoms with Crippen LogP contribution in [-0.4, -0.2) is 42.4 Å². The molecule has 1 aromatic carbocycles. The normalized spacial score (nSPS) is 12.1. The lowest BCUT2D eigenvalue weighted by molar-refractivity contribution is -0.123. The van der Waals surface area contributed by atoms with Crippen LogP contribution in [0.2, 0.25) is 0 Å². The average Bonchev–Trinajstić information content (AvgIpc) is 3.23. The van der Waals surface area contributed by atoms with Crippen LogP contribution >= 0.6 is 0 Å². The summed E-state index contributed by atoms with van der Waals surface area (Å²) >= 11 is 0. The first-order valence-electron chi connectivity index (χ1n) is 8.21. The molecule has 0 radical (unpaired) electrons. The Labute approximate surface area is 145 Å². The molecule has 25 heavy (non-hydrogen) atoms. The van der Waals surface area contributed by atoms with E-state index in [1.165, 1.54) is 11.0 Å². The standard InChI is InChI=1S/C17H21N7O/c1-13-11-14(2)23(20-13)10-6-9-18-17(25)16(24-12-19-21-22-24)15-7-4-3-5-8-15/h3-5,7-8,11-12,16H,6,9-10H2,1-2H3,(H,18,25)/t16-/m1/s1. The number of nitrogens with zero attached hydrogens (tertiary/aromatic N) is 6. The molecule has 3 rings (SSSR count). The zero-order chi connectivity index (χ0) is 17.6. The molecule has 1 N–H and O–H groups in total. The molecule has 0 aliphatic heterocycles. The number of aromatic nitrogens is 6. The van der Waals surface area contributed by atoms with Crippen molar-refractivity contribution < 1.29 is 4.79 Å². The molecular formula is C17H21N7O. The van der Waals surface area contributed by atoms with Crippen LogP contribution in [0.3, 0.4) is 0 Å². The van der Waals surface area contributed by atoms with Crippen molar-refractivity contribution in [2.24, 2.45) is 0 Å². The summed E-state index contributed by atoms with van der Waals surface area (Å²) in [5.41, 5.74) is 2.97. The molecule has 2 aromatic heterocycles. The highest BCUT2D eigenvalue weighted by molar-refractivity contribution is 5.83. The molecule has 8 heteroatoms. The van der Waals surface area contributed by atoms with Crippen LogP contribution in [0.4, 0.5) is 0 Å². The minimum absolute atomic E-state index is 0.133. The number of rotatable bonds is 7. The van der Waals surface area contributed by atoms with E-state index in [-0.39, 0.29) is 5.91 Å². The second-order valence-corrected chi connectivity index (χ2v) is 5.90. The highest BCUT2D eigenvalue weighted by Crippen LogP contribution is 2.16. The van der Waals surface area contributed by atoms with Crippen molar-refractivity contribution in [3.05, 3.63) is 59.7 Å². The molecule has 1 atom stereocenters. The lowest BCUT2D eigenvalue weighted by Gasteiger charge is -2.16. The minimum Gasteiger partial charge on any atom is -0.354 e. The zero-order valence-electron chi connectivity index (χ0n) is 14.3. The summed E-state index contributed by atoms with van der Waals surface area (Å²) in [4.78, 5) is 12.7. The van der Waals surface area contributed by atoms with Gasteiger partial charge >= 0.3 is 0 Å². The summed E-state index contributed by atoms with van der Waals surface area (Å²) < 4.78 is 3.42. The van der Waals surface area contributed by atoms with Gasteiger partial charge in [-0.3, -0.25) is 9.48 Å². The highest BCUT2D eigenvalue weighted by atomic mass is 16.2. The Morgan fingerprint density at radius 3 is 2.68 bits per heavy atom. The van der Waals surface area contributed by atoms with E-state index in [4.69, 9.17) is 0 Å². The average molecular weight is 339 g/mol. The molecule has 0 bridgehead atoms. The number of tetrazole rings is 1. The van der Waals surface area contributed by atoms with Crippen molar-refractivity contribution in [3.8, 4) is 0 Å². The van der Waals surface area contributed by atoms with Gasteiger partial charge in [-0.15, -0.1) is 5.10 Å². The topological polar surface area (TPSA) is 90.5 Å². The molecule has 3 aromatic rings. The lowest BCUT2D eigenvalue weighted by Crippen LogP contribution is -2.34. The molecule has 1 amide bonds. The predicted molar refractivity (Wildman–Crippen MR) is 91.7 cm³/mol. The second kappa shape index (κ2) is 7.69. The largest absolute Gasteiger partial charge is 0.354 e. The first-order valence-corrected chi connectivity index (χ1v) is 8.21. The van der Waals surface area contributed by atoms with Gasteiger partial charge in [0.25, 0.3) is 0 Å². The van der Waals surface area contributed by atoms with Gasteiger partial charge in [-0.25, -0.2) is 4.68 Å². The molecule has 0 spiro atoms. The van der Waals surface area contributed by atoms with Crippen molar-refractivity contribution in [2.45, 2.75) is 32.9 Å². The summed E-state index contributed by atoms with van der Waals surface area (Å²) in [5.74, 6) is -0.133. The SMILES string of the molecule is Cc1cc(C)n(CCCNC(=O)[C@@H](c2ccccc2)n2cnnn2)n1. The number of nitrogens with one attached hydrogen (secondary N) is 1. The fourth-order valence-corrected chi connectivity index (χ4v) is 2.78. The Hall–Kier alpha value is -3.03. The van der Waals surface area contributed by atoms with Gasteiger partial charge in [-0.1, -0.05) is 30.3 Å². The third-order valence-corrected chi connectivity index (χ3v) is 3.94. The molecule has 130 valence electrons. The van der Waals surface area contributed by atoms with E-state index in [0.717, 1.165) is 29.9 Å². The second-order valence-electron chi connectivity index (χ2n) is 5.90. The fraction of sp³-hybridized carbons (Fsp3) is 0.353. The number of carbonyl (C=O) groups is 1. The highest BCUT2D eigenvalue weighted by Gasteiger charge is 2.23. The summed E-state index contributed by atoms with van der Waals surface area (Å²) in [7, 11) is 0. The van der Waals surface area contributed by atoms with Gasteiger partial charge in [0.15, 0.2) is 6.04 Å². The smallest absolute Gasteiger partial charge is 0.249 e. The van der Waals surface area contributed by atoms with Crippen LogP contribution in [0.15, 0.2) is 42.7 Å². The van der Waals surface area contributed by atoms with Gasteiger partial charge in [0.05, 0.1) is 5.69 Å². The monoisotopic (exact) mass is 339 g/mol. The van der Waals surface area contributed by atoms with Crippen LogP contribution in [-0.2, 0) is 11.3 Å². The fourth-order valence-electron chi connectivity index (χ4n) is 2.78. The number of amides is 1. The van der Waals surface area contributed by atoms with Crippen molar-refractivity contribution in [1.82, 2.24) is 35.3 Å². The summed E-state index contributed by atoms with van der Waals surface area (Å²) in [6.45, 7) is 5.33. The van der Waals surface area contributed by atoms with E-state index >= 15 is 0 Å². The van der Waals surface area contributed by atoms with Crippen LogP contribution in [0.1, 0.15) is 29.4 Å². The number of benzene rings is 1. The number of aryl methyl sites for hydroxylation is 3. The first-order chi connectivity index (χ1) is 12.1. The van der Waals surface area contributed by atoms with E-state index in [1.807, 2.05) is 54.9 Å². The lowest BCUT2D eigenvalue weighted by atomic mass is 10.1. The van der Waals surface area contributed by atoms with Crippen LogP contribution in [0.5, 0.6) is 0 Å². The number of hydrogen-bond acceptors (Lipinski definition) is 5. The van der Waals surface area contributed by atoms with Gasteiger partial charge in [-0.05, 0) is 42.3 Å². The molecule has 0 saturated heterocycles. The Morgan fingerprint density at radius 2 is 2.04 bits per heavy atom. The Kier molecular flexibility index (Phi) is 5.17. The summed E-state index contributed by atoms with van der Waals surface area (Å²) in [6.07, 6.45) is 2.25. The van der Waals surface area contributed by atoms with Crippen molar-refractivity contribution >= 4 is 5.91 Å². The Bertz CT molecular complexity index is 811. The van der Waals surface area contributed by atoms with Crippen molar-refractivity contribution in [1.29, 1.82) is 0 Å². The van der Waals surface area contributed by atoms with Gasteiger partial charge in [0.2, 0.25) is 5.91 Å². The number of hydrogen-bond donors (Lipinski definition) is 1. The quantitative estimate of drug-likeness (QED) is 0.655. The maximum Gasteiger partial charge on any atom is 0.249 e. The summed E-state index contributed by atoms with van der Waals surface area (Å²) in [6, 6.07) is 10.9. The molecule has 0 saturated carbocycles. The van der Waals surface area contributed by atoms with E-state index in [0.29, 0.717) is 6.54 Å². The molecule has 0 unspecified atom stereocenters. The third kappa shape index (κ3) is 4.09. The maximum absolute atomic E-state index is 12.7. The maximum atomic E-state index is 12.7. The van der Waals surface area contributed by atoms with Crippen molar-refractivity contribution in [3.63, 3.8) is 0 Å². The van der Waals surface area contributed by atoms with E-state index in [2.05, 4.69) is 25.9 Å². The Balaban J connectivity index is 1.60. The van der Waals surface area contributed by atoms with Crippen LogP contribution in [0.25, 0.3) is 0 Å². The number of carbonyl (C=O) groups excluding carboxylic acids is 1. The van der Waals surface area contributed by atoms with Crippen molar-refractivity contribution in [2.75, 3.05) is 6.54 Å². The van der Waals surface area contributed by atoms with E-state index < -0.39 is 6.04 Å². The van der Waals surface area contributed by atoms with E-state index in [9.17, 15) is 4.79 Å². The van der Waals surface area contributed by atoms with E-state index in [1.54, 1.807) is 0 Å². The summed E-state index contributed by atoms with van der Waals surface area (Å²) in [5, 5.41) is 18.6. The predicted octanol–water partition coefficient (Wildman–Crippen LogP) is 1.28.